The minimum Gasteiger partial charge on any atom is -0.371 e. The van der Waals surface area contributed by atoms with Crippen LogP contribution >= 0.6 is 0 Å². The maximum Gasteiger partial charge on any atom is 0.227 e. The molecule has 1 atom stereocenters. The van der Waals surface area contributed by atoms with Crippen molar-refractivity contribution in [1.29, 1.82) is 0 Å². The lowest BCUT2D eigenvalue weighted by atomic mass is 10.1. The Morgan fingerprint density at radius 1 is 1.18 bits per heavy atom. The largest absolute Gasteiger partial charge is 0.371 e. The third kappa shape index (κ3) is 4.54. The fraction of sp³-hybridized carbons (Fsp3) is 0.333. The minimum absolute atomic E-state index is 0.0156. The van der Waals surface area contributed by atoms with E-state index in [0.29, 0.717) is 37.0 Å². The lowest BCUT2D eigenvalue weighted by Gasteiger charge is -2.18. The van der Waals surface area contributed by atoms with Crippen LogP contribution in [0.25, 0.3) is 11.4 Å². The van der Waals surface area contributed by atoms with E-state index in [0.717, 1.165) is 25.1 Å². The highest BCUT2D eigenvalue weighted by Crippen LogP contribution is 2.23. The van der Waals surface area contributed by atoms with Crippen LogP contribution in [0.2, 0.25) is 0 Å². The number of carbonyl (C=O) groups excluding carboxylic acids is 1. The van der Waals surface area contributed by atoms with Gasteiger partial charge in [0.05, 0.1) is 0 Å². The van der Waals surface area contributed by atoms with Crippen LogP contribution in [0.15, 0.2) is 59.4 Å². The zero-order valence-corrected chi connectivity index (χ0v) is 15.6. The van der Waals surface area contributed by atoms with Crippen LogP contribution in [0.5, 0.6) is 0 Å². The van der Waals surface area contributed by atoms with E-state index in [1.54, 1.807) is 12.4 Å². The van der Waals surface area contributed by atoms with Crippen LogP contribution in [-0.4, -0.2) is 40.7 Å². The maximum atomic E-state index is 12.2. The summed E-state index contributed by atoms with van der Waals surface area (Å²) >= 11 is 0. The molecular formula is C21H23N5O2. The number of aryl methyl sites for hydroxylation is 1. The second kappa shape index (κ2) is 8.65. The molecule has 1 N–H and O–H groups in total. The Balaban J connectivity index is 1.20. The SMILES string of the molecule is O=C(CCc1nc(-c2ccncc2)no1)NC[C@H]1CCN(c2ccccc2)C1. The van der Waals surface area contributed by atoms with E-state index in [9.17, 15) is 4.79 Å². The van der Waals surface area contributed by atoms with E-state index in [1.165, 1.54) is 5.69 Å². The molecule has 0 unspecified atom stereocenters. The molecule has 144 valence electrons. The molecular weight excluding hydrogens is 354 g/mol. The number of carbonyl (C=O) groups is 1. The zero-order valence-electron chi connectivity index (χ0n) is 15.6. The van der Waals surface area contributed by atoms with Gasteiger partial charge in [-0.2, -0.15) is 4.98 Å². The van der Waals surface area contributed by atoms with Crippen molar-refractivity contribution < 1.29 is 9.32 Å². The van der Waals surface area contributed by atoms with E-state index in [-0.39, 0.29) is 5.91 Å². The molecule has 4 rings (SSSR count). The molecule has 3 aromatic rings. The van der Waals surface area contributed by atoms with Crippen molar-refractivity contribution in [2.75, 3.05) is 24.5 Å². The maximum absolute atomic E-state index is 12.2. The van der Waals surface area contributed by atoms with Crippen molar-refractivity contribution in [3.63, 3.8) is 0 Å². The second-order valence-electron chi connectivity index (χ2n) is 6.99. The van der Waals surface area contributed by atoms with Gasteiger partial charge in [0, 0.05) is 56.1 Å². The Morgan fingerprint density at radius 2 is 2.00 bits per heavy atom. The van der Waals surface area contributed by atoms with Crippen molar-refractivity contribution >= 4 is 11.6 Å². The standard InChI is InChI=1S/C21H23N5O2/c27-19(6-7-20-24-21(25-28-20)17-8-11-22-12-9-17)23-14-16-10-13-26(15-16)18-4-2-1-3-5-18/h1-5,8-9,11-12,16H,6-7,10,13-15H2,(H,23,27)/t16-/m1/s1. The van der Waals surface area contributed by atoms with Crippen LogP contribution in [0.3, 0.4) is 0 Å². The van der Waals surface area contributed by atoms with Gasteiger partial charge in [-0.25, -0.2) is 0 Å². The molecule has 0 saturated carbocycles. The molecule has 1 aliphatic rings. The number of benzene rings is 1. The van der Waals surface area contributed by atoms with Crippen LogP contribution in [0.1, 0.15) is 18.7 Å². The molecule has 7 nitrogen and oxygen atoms in total. The predicted molar refractivity (Wildman–Crippen MR) is 106 cm³/mol. The minimum atomic E-state index is 0.0156. The average Bonchev–Trinajstić information content (AvgIpc) is 3.42. The van der Waals surface area contributed by atoms with Crippen LogP contribution in [0, 0.1) is 5.92 Å². The Hall–Kier alpha value is -3.22. The Bertz CT molecular complexity index is 897. The van der Waals surface area contributed by atoms with Gasteiger partial charge in [-0.1, -0.05) is 23.4 Å². The van der Waals surface area contributed by atoms with Crippen molar-refractivity contribution in [3.8, 4) is 11.4 Å². The first-order chi connectivity index (χ1) is 13.8. The highest BCUT2D eigenvalue weighted by Gasteiger charge is 2.23. The fourth-order valence-corrected chi connectivity index (χ4v) is 3.41. The molecule has 0 radical (unpaired) electrons. The monoisotopic (exact) mass is 377 g/mol. The van der Waals surface area contributed by atoms with Gasteiger partial charge >= 0.3 is 0 Å². The van der Waals surface area contributed by atoms with E-state index in [2.05, 4.69) is 49.6 Å². The van der Waals surface area contributed by atoms with Crippen molar-refractivity contribution in [2.45, 2.75) is 19.3 Å². The number of nitrogens with zero attached hydrogens (tertiary/aromatic N) is 4. The number of pyridine rings is 1. The molecule has 3 heterocycles. The molecule has 0 bridgehead atoms. The first-order valence-electron chi connectivity index (χ1n) is 9.57. The summed E-state index contributed by atoms with van der Waals surface area (Å²) in [6, 6.07) is 14.0. The fourth-order valence-electron chi connectivity index (χ4n) is 3.41. The molecule has 1 saturated heterocycles. The first-order valence-corrected chi connectivity index (χ1v) is 9.57. The van der Waals surface area contributed by atoms with Gasteiger partial charge in [-0.15, -0.1) is 0 Å². The Morgan fingerprint density at radius 3 is 2.82 bits per heavy atom. The number of aromatic nitrogens is 3. The topological polar surface area (TPSA) is 84.1 Å². The predicted octanol–water partition coefficient (Wildman–Crippen LogP) is 2.71. The summed E-state index contributed by atoms with van der Waals surface area (Å²) in [5.41, 5.74) is 2.09. The summed E-state index contributed by atoms with van der Waals surface area (Å²) in [6.07, 6.45) is 5.23. The summed E-state index contributed by atoms with van der Waals surface area (Å²) < 4.78 is 5.24. The van der Waals surface area contributed by atoms with Gasteiger partial charge < -0.3 is 14.7 Å². The lowest BCUT2D eigenvalue weighted by Crippen LogP contribution is -2.31. The molecule has 28 heavy (non-hydrogen) atoms. The molecule has 7 heteroatoms. The number of amides is 1. The molecule has 1 fully saturated rings. The molecule has 0 spiro atoms. The van der Waals surface area contributed by atoms with E-state index >= 15 is 0 Å². The van der Waals surface area contributed by atoms with Crippen LogP contribution < -0.4 is 10.2 Å². The number of hydrogen-bond donors (Lipinski definition) is 1. The number of nitrogens with one attached hydrogen (secondary N) is 1. The van der Waals surface area contributed by atoms with Crippen molar-refractivity contribution in [1.82, 2.24) is 20.4 Å². The number of hydrogen-bond acceptors (Lipinski definition) is 6. The molecule has 1 aromatic carbocycles. The van der Waals surface area contributed by atoms with E-state index in [1.807, 2.05) is 18.2 Å². The first kappa shape index (κ1) is 18.2. The normalized spacial score (nSPS) is 16.3. The molecule has 1 aliphatic heterocycles. The average molecular weight is 377 g/mol. The lowest BCUT2D eigenvalue weighted by molar-refractivity contribution is -0.121. The van der Waals surface area contributed by atoms with Gasteiger partial charge in [0.25, 0.3) is 0 Å². The van der Waals surface area contributed by atoms with Gasteiger partial charge in [-0.3, -0.25) is 9.78 Å². The van der Waals surface area contributed by atoms with E-state index in [4.69, 9.17) is 4.52 Å². The van der Waals surface area contributed by atoms with Crippen molar-refractivity contribution in [2.24, 2.45) is 5.92 Å². The van der Waals surface area contributed by atoms with Crippen LogP contribution in [0.4, 0.5) is 5.69 Å². The zero-order chi connectivity index (χ0) is 19.2. The molecule has 2 aromatic heterocycles. The van der Waals surface area contributed by atoms with Gasteiger partial charge in [0.15, 0.2) is 0 Å². The Kier molecular flexibility index (Phi) is 5.61. The quantitative estimate of drug-likeness (QED) is 0.682. The smallest absolute Gasteiger partial charge is 0.227 e. The number of rotatable bonds is 7. The van der Waals surface area contributed by atoms with E-state index < -0.39 is 0 Å². The highest BCUT2D eigenvalue weighted by molar-refractivity contribution is 5.76. The summed E-state index contributed by atoms with van der Waals surface area (Å²) in [4.78, 5) is 22.9. The highest BCUT2D eigenvalue weighted by atomic mass is 16.5. The third-order valence-corrected chi connectivity index (χ3v) is 4.97. The van der Waals surface area contributed by atoms with Gasteiger partial charge in [0.2, 0.25) is 17.6 Å². The second-order valence-corrected chi connectivity index (χ2v) is 6.99. The molecule has 0 aliphatic carbocycles. The van der Waals surface area contributed by atoms with Gasteiger partial charge in [0.1, 0.15) is 0 Å². The van der Waals surface area contributed by atoms with Gasteiger partial charge in [-0.05, 0) is 36.6 Å². The Labute approximate surface area is 163 Å². The van der Waals surface area contributed by atoms with Crippen LogP contribution in [-0.2, 0) is 11.2 Å². The summed E-state index contributed by atoms with van der Waals surface area (Å²) in [7, 11) is 0. The summed E-state index contributed by atoms with van der Waals surface area (Å²) in [5.74, 6) is 1.48. The molecule has 1 amide bonds. The summed E-state index contributed by atoms with van der Waals surface area (Å²) in [5, 5.41) is 7.00. The summed E-state index contributed by atoms with van der Waals surface area (Å²) in [6.45, 7) is 2.71. The third-order valence-electron chi connectivity index (χ3n) is 4.97. The number of para-hydroxylation sites is 1. The van der Waals surface area contributed by atoms with Crippen molar-refractivity contribution in [3.05, 3.63) is 60.7 Å². The number of anilines is 1.